The van der Waals surface area contributed by atoms with Crippen LogP contribution in [0.2, 0.25) is 0 Å². The molecule has 0 aliphatic rings. The highest BCUT2D eigenvalue weighted by atomic mass is 79.9. The van der Waals surface area contributed by atoms with Crippen LogP contribution in [0.3, 0.4) is 0 Å². The Hall–Kier alpha value is -0.550. The lowest BCUT2D eigenvalue weighted by atomic mass is 10.2. The number of nitriles is 1. The zero-order valence-corrected chi connectivity index (χ0v) is 16.6. The summed E-state index contributed by atoms with van der Waals surface area (Å²) in [7, 11) is -3.47. The average Bonchev–Trinajstić information content (AvgIpc) is 2.49. The van der Waals surface area contributed by atoms with Crippen molar-refractivity contribution in [1.82, 2.24) is 4.31 Å². The van der Waals surface area contributed by atoms with Crippen LogP contribution in [0, 0.1) is 11.3 Å². The molecular formula is C16H23BrN2O2S2. The lowest BCUT2D eigenvalue weighted by molar-refractivity contribution is 0.428. The Labute approximate surface area is 152 Å². The second-order valence-corrected chi connectivity index (χ2v) is 9.16. The monoisotopic (exact) mass is 418 g/mol. The van der Waals surface area contributed by atoms with Crippen LogP contribution in [0.5, 0.6) is 0 Å². The van der Waals surface area contributed by atoms with Gasteiger partial charge < -0.3 is 0 Å². The van der Waals surface area contributed by atoms with Gasteiger partial charge in [0.2, 0.25) is 10.0 Å². The van der Waals surface area contributed by atoms with E-state index in [0.717, 1.165) is 41.5 Å². The zero-order chi connectivity index (χ0) is 17.1. The second kappa shape index (κ2) is 11.1. The maximum absolute atomic E-state index is 12.5. The minimum absolute atomic E-state index is 0.0689. The zero-order valence-electron chi connectivity index (χ0n) is 13.4. The number of nitrogens with zero attached hydrogens (tertiary/aromatic N) is 2. The average molecular weight is 419 g/mol. The third kappa shape index (κ3) is 8.20. The molecule has 1 aromatic rings. The first-order valence-corrected chi connectivity index (χ1v) is 11.4. The molecule has 0 saturated heterocycles. The molecule has 0 bridgehead atoms. The van der Waals surface area contributed by atoms with E-state index in [4.69, 9.17) is 5.26 Å². The van der Waals surface area contributed by atoms with Crippen molar-refractivity contribution in [1.29, 1.82) is 5.26 Å². The number of sulfonamides is 1. The number of benzene rings is 1. The molecule has 0 N–H and O–H groups in total. The Balaban J connectivity index is 2.58. The number of halogens is 1. The molecule has 0 aromatic heterocycles. The van der Waals surface area contributed by atoms with Gasteiger partial charge in [-0.3, -0.25) is 0 Å². The van der Waals surface area contributed by atoms with E-state index in [1.54, 1.807) is 12.1 Å². The predicted molar refractivity (Wildman–Crippen MR) is 101 cm³/mol. The molecule has 0 aliphatic carbocycles. The summed E-state index contributed by atoms with van der Waals surface area (Å²) >= 11 is 5.17. The van der Waals surface area contributed by atoms with E-state index in [2.05, 4.69) is 22.2 Å². The summed E-state index contributed by atoms with van der Waals surface area (Å²) in [6.07, 6.45) is 6.14. The van der Waals surface area contributed by atoms with Gasteiger partial charge in [-0.2, -0.15) is 21.3 Å². The van der Waals surface area contributed by atoms with E-state index in [9.17, 15) is 8.42 Å². The van der Waals surface area contributed by atoms with Crippen LogP contribution < -0.4 is 0 Å². The standard InChI is InChI=1S/C16H23BrN2O2S2/c1-22-12-5-3-2-4-10-19(11-9-18)23(20,21)14-15-7-6-8-16(17)13-15/h6-8,13H,2-5,10-12,14H2,1H3. The van der Waals surface area contributed by atoms with Crippen molar-refractivity contribution in [2.24, 2.45) is 0 Å². The van der Waals surface area contributed by atoms with Gasteiger partial charge in [-0.15, -0.1) is 0 Å². The van der Waals surface area contributed by atoms with Crippen LogP contribution in [0.4, 0.5) is 0 Å². The molecule has 0 heterocycles. The van der Waals surface area contributed by atoms with E-state index in [1.165, 1.54) is 4.31 Å². The molecule has 0 amide bonds. The Bertz CT molecular complexity index is 615. The molecule has 0 radical (unpaired) electrons. The topological polar surface area (TPSA) is 61.2 Å². The first-order valence-electron chi connectivity index (χ1n) is 7.58. The van der Waals surface area contributed by atoms with Crippen LogP contribution >= 0.6 is 27.7 Å². The van der Waals surface area contributed by atoms with Gasteiger partial charge in [0.15, 0.2) is 0 Å². The first-order chi connectivity index (χ1) is 11.0. The minimum Gasteiger partial charge on any atom is -0.212 e. The van der Waals surface area contributed by atoms with Gasteiger partial charge in [0.25, 0.3) is 0 Å². The highest BCUT2D eigenvalue weighted by Crippen LogP contribution is 2.17. The summed E-state index contributed by atoms with van der Waals surface area (Å²) in [5, 5.41) is 8.92. The number of unbranched alkanes of at least 4 members (excludes halogenated alkanes) is 3. The minimum atomic E-state index is -3.47. The maximum Gasteiger partial charge on any atom is 0.219 e. The highest BCUT2D eigenvalue weighted by Gasteiger charge is 2.22. The van der Waals surface area contributed by atoms with Crippen molar-refractivity contribution >= 4 is 37.7 Å². The number of hydrogen-bond acceptors (Lipinski definition) is 4. The first kappa shape index (κ1) is 20.5. The SMILES string of the molecule is CSCCCCCCN(CC#N)S(=O)(=O)Cc1cccc(Br)c1. The molecule has 4 nitrogen and oxygen atoms in total. The van der Waals surface area contributed by atoms with Gasteiger partial charge >= 0.3 is 0 Å². The lowest BCUT2D eigenvalue weighted by Gasteiger charge is -2.19. The summed E-state index contributed by atoms with van der Waals surface area (Å²) in [4.78, 5) is 0. The van der Waals surface area contributed by atoms with Gasteiger partial charge in [-0.1, -0.05) is 40.9 Å². The van der Waals surface area contributed by atoms with Crippen LogP contribution in [0.15, 0.2) is 28.7 Å². The lowest BCUT2D eigenvalue weighted by Crippen LogP contribution is -2.33. The van der Waals surface area contributed by atoms with Crippen LogP contribution in [-0.4, -0.2) is 37.8 Å². The quantitative estimate of drug-likeness (QED) is 0.401. The van der Waals surface area contributed by atoms with E-state index < -0.39 is 10.0 Å². The summed E-state index contributed by atoms with van der Waals surface area (Å²) < 4.78 is 27.2. The number of rotatable bonds is 11. The van der Waals surface area contributed by atoms with Crippen molar-refractivity contribution in [3.8, 4) is 6.07 Å². The number of thioether (sulfide) groups is 1. The fourth-order valence-electron chi connectivity index (χ4n) is 2.21. The molecule has 128 valence electrons. The Morgan fingerprint density at radius 1 is 1.26 bits per heavy atom. The van der Waals surface area contributed by atoms with E-state index in [-0.39, 0.29) is 12.3 Å². The Morgan fingerprint density at radius 2 is 2.00 bits per heavy atom. The van der Waals surface area contributed by atoms with E-state index >= 15 is 0 Å². The van der Waals surface area contributed by atoms with E-state index in [0.29, 0.717) is 6.54 Å². The third-order valence-corrected chi connectivity index (χ3v) is 6.37. The highest BCUT2D eigenvalue weighted by molar-refractivity contribution is 9.10. The van der Waals surface area contributed by atoms with Crippen molar-refractivity contribution in [2.45, 2.75) is 31.4 Å². The summed E-state index contributed by atoms with van der Waals surface area (Å²) in [6, 6.07) is 9.22. The van der Waals surface area contributed by atoms with Crippen LogP contribution in [-0.2, 0) is 15.8 Å². The number of hydrogen-bond donors (Lipinski definition) is 0. The molecular weight excluding hydrogens is 396 g/mol. The van der Waals surface area contributed by atoms with Gasteiger partial charge in [0.05, 0.1) is 11.8 Å². The summed E-state index contributed by atoms with van der Waals surface area (Å²) in [5.41, 5.74) is 0.724. The molecule has 0 spiro atoms. The smallest absolute Gasteiger partial charge is 0.212 e. The molecule has 0 unspecified atom stereocenters. The molecule has 0 atom stereocenters. The summed E-state index contributed by atoms with van der Waals surface area (Å²) in [6.45, 7) is 0.338. The molecule has 0 saturated carbocycles. The molecule has 7 heteroatoms. The van der Waals surface area contributed by atoms with Crippen LogP contribution in [0.25, 0.3) is 0 Å². The largest absolute Gasteiger partial charge is 0.219 e. The Morgan fingerprint density at radius 3 is 2.65 bits per heavy atom. The van der Waals surface area contributed by atoms with E-state index in [1.807, 2.05) is 30.0 Å². The molecule has 1 rings (SSSR count). The van der Waals surface area contributed by atoms with Crippen LogP contribution in [0.1, 0.15) is 31.2 Å². The molecule has 0 aliphatic heterocycles. The summed E-state index contributed by atoms with van der Waals surface area (Å²) in [5.74, 6) is 1.07. The van der Waals surface area contributed by atoms with Crippen molar-refractivity contribution in [3.05, 3.63) is 34.3 Å². The van der Waals surface area contributed by atoms with Gasteiger partial charge in [0, 0.05) is 11.0 Å². The molecule has 23 heavy (non-hydrogen) atoms. The van der Waals surface area contributed by atoms with Gasteiger partial charge in [0.1, 0.15) is 6.54 Å². The van der Waals surface area contributed by atoms with Gasteiger partial charge in [-0.05, 0) is 42.5 Å². The third-order valence-electron chi connectivity index (χ3n) is 3.38. The predicted octanol–water partition coefficient (Wildman–Crippen LogP) is 4.03. The maximum atomic E-state index is 12.5. The second-order valence-electron chi connectivity index (χ2n) is 5.28. The van der Waals surface area contributed by atoms with Gasteiger partial charge in [-0.25, -0.2) is 8.42 Å². The van der Waals surface area contributed by atoms with Crippen molar-refractivity contribution < 1.29 is 8.42 Å². The van der Waals surface area contributed by atoms with Crippen molar-refractivity contribution in [2.75, 3.05) is 25.1 Å². The normalized spacial score (nSPS) is 11.6. The molecule has 1 aromatic carbocycles. The fraction of sp³-hybridized carbons (Fsp3) is 0.562. The Kier molecular flexibility index (Phi) is 9.88. The van der Waals surface area contributed by atoms with Crippen molar-refractivity contribution in [3.63, 3.8) is 0 Å². The fourth-order valence-corrected chi connectivity index (χ4v) is 4.60. The molecule has 0 fully saturated rings.